The number of aliphatic hydroxyl groups excluding tert-OH is 2. The highest BCUT2D eigenvalue weighted by molar-refractivity contribution is 5.98. The van der Waals surface area contributed by atoms with E-state index in [0.29, 0.717) is 31.2 Å². The Morgan fingerprint density at radius 3 is 1.82 bits per heavy atom. The standard InChI is InChI=1S/C46H73N11O16/c1-5-23(2)36(55-42(68)32(22-58)54-38(64)24(3)50-44(70)37(25(4)59)56-39(65)28(48)15-18-35(62)63)45(71)57-20-8-10-33(57)43(69)52-30(16-17-34(49)61)41(67)51-29(9-6-7-19-47)40(66)53-31(46(72)73)21-26-11-13-27(60)14-12-26/h11-14,23-25,28-33,36-37,58-60H,5-10,15-22,47-48H2,1-4H3,(H2,49,61)(H,50,70)(H,51,67)(H,52,69)(H,53,66)(H,54,64)(H,55,68)(H,56,65)(H,62,63)(H,72,73)/t23-,24-,25+,28-,29-,30-,31-,32-,33-,36-,37-/m0/s1. The number of phenolic OH excluding ortho intramolecular Hbond substituents is 1. The summed E-state index contributed by atoms with van der Waals surface area (Å²) in [4.78, 5) is 144. The Bertz CT molecular complexity index is 2090. The number of unbranched alkanes of at least 4 members (excludes halogenated alkanes) is 1. The molecule has 1 heterocycles. The molecule has 1 saturated heterocycles. The van der Waals surface area contributed by atoms with Crippen LogP contribution in [0.2, 0.25) is 0 Å². The molecule has 0 aliphatic carbocycles. The summed E-state index contributed by atoms with van der Waals surface area (Å²) >= 11 is 0. The number of carboxylic acid groups (broad SMARTS) is 2. The zero-order chi connectivity index (χ0) is 55.1. The van der Waals surface area contributed by atoms with E-state index in [1.165, 1.54) is 36.1 Å². The zero-order valence-corrected chi connectivity index (χ0v) is 41.5. The van der Waals surface area contributed by atoms with Gasteiger partial charge >= 0.3 is 11.9 Å². The molecule has 1 aliphatic rings. The molecule has 0 bridgehead atoms. The van der Waals surface area contributed by atoms with Crippen LogP contribution in [-0.4, -0.2) is 176 Å². The fourth-order valence-corrected chi connectivity index (χ4v) is 7.55. The first kappa shape index (κ1) is 62.1. The average Bonchev–Trinajstić information content (AvgIpc) is 3.84. The van der Waals surface area contributed by atoms with Crippen molar-refractivity contribution in [2.45, 2.75) is 159 Å². The fraction of sp³-hybridized carbons (Fsp3) is 0.630. The number of nitrogens with two attached hydrogens (primary N) is 3. The van der Waals surface area contributed by atoms with Crippen LogP contribution in [-0.2, 0) is 59.2 Å². The molecule has 2 rings (SSSR count). The Hall–Kier alpha value is -6.97. The normalized spacial score (nSPS) is 17.3. The van der Waals surface area contributed by atoms with Crippen molar-refractivity contribution in [2.24, 2.45) is 23.1 Å². The van der Waals surface area contributed by atoms with Gasteiger partial charge in [-0.25, -0.2) is 4.79 Å². The summed E-state index contributed by atoms with van der Waals surface area (Å²) in [7, 11) is 0. The van der Waals surface area contributed by atoms with Crippen LogP contribution in [0.4, 0.5) is 0 Å². The van der Waals surface area contributed by atoms with Crippen LogP contribution in [0.3, 0.4) is 0 Å². The first-order valence-electron chi connectivity index (χ1n) is 24.0. The van der Waals surface area contributed by atoms with Crippen molar-refractivity contribution in [2.75, 3.05) is 19.7 Å². The van der Waals surface area contributed by atoms with E-state index in [2.05, 4.69) is 37.2 Å². The molecular weight excluding hydrogens is 963 g/mol. The van der Waals surface area contributed by atoms with Crippen LogP contribution in [0.25, 0.3) is 0 Å². The number of carboxylic acids is 2. The molecule has 408 valence electrons. The number of amides is 9. The Morgan fingerprint density at radius 2 is 1.27 bits per heavy atom. The molecular formula is C46H73N11O16. The van der Waals surface area contributed by atoms with Gasteiger partial charge < -0.3 is 84.9 Å². The largest absolute Gasteiger partial charge is 0.508 e. The van der Waals surface area contributed by atoms with E-state index in [1.54, 1.807) is 13.8 Å². The average molecular weight is 1040 g/mol. The third kappa shape index (κ3) is 20.6. The smallest absolute Gasteiger partial charge is 0.326 e. The van der Waals surface area contributed by atoms with Gasteiger partial charge in [0.1, 0.15) is 54.1 Å². The van der Waals surface area contributed by atoms with E-state index in [1.807, 2.05) is 0 Å². The second-order valence-corrected chi connectivity index (χ2v) is 18.0. The quantitative estimate of drug-likeness (QED) is 0.0302. The number of aromatic hydroxyl groups is 1. The van der Waals surface area contributed by atoms with E-state index in [-0.39, 0.29) is 50.9 Å². The summed E-state index contributed by atoms with van der Waals surface area (Å²) in [6, 6.07) is -7.29. The topological polar surface area (TPSA) is 454 Å². The van der Waals surface area contributed by atoms with Gasteiger partial charge in [0.15, 0.2) is 0 Å². The number of aliphatic carboxylic acids is 2. The van der Waals surface area contributed by atoms with Crippen molar-refractivity contribution < 1.29 is 78.3 Å². The van der Waals surface area contributed by atoms with Gasteiger partial charge in [-0.2, -0.15) is 0 Å². The summed E-state index contributed by atoms with van der Waals surface area (Å²) in [5, 5.41) is 65.6. The lowest BCUT2D eigenvalue weighted by molar-refractivity contribution is -0.144. The predicted octanol–water partition coefficient (Wildman–Crippen LogP) is -4.57. The number of primary amides is 1. The summed E-state index contributed by atoms with van der Waals surface area (Å²) in [6.07, 6.45) is -1.67. The molecule has 9 amide bonds. The Labute approximate surface area is 421 Å². The Balaban J connectivity index is 2.25. The number of phenols is 1. The molecule has 11 atom stereocenters. The molecule has 1 aromatic rings. The Morgan fingerprint density at radius 1 is 0.699 bits per heavy atom. The molecule has 73 heavy (non-hydrogen) atoms. The molecule has 0 radical (unpaired) electrons. The van der Waals surface area contributed by atoms with Crippen molar-refractivity contribution >= 4 is 65.1 Å². The molecule has 1 aromatic carbocycles. The molecule has 1 aliphatic heterocycles. The van der Waals surface area contributed by atoms with Gasteiger partial charge in [-0.1, -0.05) is 32.4 Å². The highest BCUT2D eigenvalue weighted by Gasteiger charge is 2.41. The lowest BCUT2D eigenvalue weighted by Gasteiger charge is -2.33. The maximum atomic E-state index is 14.3. The van der Waals surface area contributed by atoms with E-state index >= 15 is 0 Å². The SMILES string of the molecule is CC[C@H](C)[C@H](NC(=O)[C@H](CO)NC(=O)[C@H](C)NC(=O)[C@@H](NC(=O)[C@@H](N)CCC(=O)O)[C@@H](C)O)C(=O)N1CCC[C@H]1C(=O)N[C@@H](CCC(N)=O)C(=O)N[C@@H](CCCCN)C(=O)N[C@@H](Cc1ccc(O)cc1)C(=O)O. The van der Waals surface area contributed by atoms with Crippen LogP contribution < -0.4 is 54.4 Å². The molecule has 0 spiro atoms. The van der Waals surface area contributed by atoms with Crippen molar-refractivity contribution in [1.29, 1.82) is 0 Å². The van der Waals surface area contributed by atoms with E-state index in [9.17, 15) is 73.2 Å². The minimum atomic E-state index is -1.69. The number of carbonyl (C=O) groups is 11. The van der Waals surface area contributed by atoms with Gasteiger partial charge in [0.2, 0.25) is 53.2 Å². The number of rotatable bonds is 32. The highest BCUT2D eigenvalue weighted by Crippen LogP contribution is 2.22. The van der Waals surface area contributed by atoms with Crippen LogP contribution >= 0.6 is 0 Å². The van der Waals surface area contributed by atoms with Gasteiger partial charge in [0, 0.05) is 25.8 Å². The maximum Gasteiger partial charge on any atom is 0.326 e. The highest BCUT2D eigenvalue weighted by atomic mass is 16.4. The second kappa shape index (κ2) is 30.8. The maximum absolute atomic E-state index is 14.3. The number of benzene rings is 1. The van der Waals surface area contributed by atoms with Crippen molar-refractivity contribution in [1.82, 2.24) is 42.1 Å². The first-order valence-corrected chi connectivity index (χ1v) is 24.0. The molecule has 0 saturated carbocycles. The minimum absolute atomic E-state index is 0.00197. The van der Waals surface area contributed by atoms with E-state index in [4.69, 9.17) is 22.3 Å². The predicted molar refractivity (Wildman–Crippen MR) is 258 cm³/mol. The molecule has 18 N–H and O–H groups in total. The third-order valence-electron chi connectivity index (χ3n) is 12.1. The van der Waals surface area contributed by atoms with Gasteiger partial charge in [0.05, 0.1) is 18.8 Å². The summed E-state index contributed by atoms with van der Waals surface area (Å²) in [5.74, 6) is -11.5. The summed E-state index contributed by atoms with van der Waals surface area (Å²) in [6.45, 7) is 4.99. The van der Waals surface area contributed by atoms with Gasteiger partial charge in [0.25, 0.3) is 0 Å². The molecule has 27 nitrogen and oxygen atoms in total. The van der Waals surface area contributed by atoms with E-state index < -0.39 is 151 Å². The number of likely N-dealkylation sites (tertiary alicyclic amines) is 1. The van der Waals surface area contributed by atoms with Crippen molar-refractivity contribution in [3.63, 3.8) is 0 Å². The number of aliphatic hydroxyl groups is 2. The number of nitrogens with one attached hydrogen (secondary N) is 7. The number of hydrogen-bond acceptors (Lipinski definition) is 16. The summed E-state index contributed by atoms with van der Waals surface area (Å²) in [5.41, 5.74) is 17.2. The Kier molecular flexibility index (Phi) is 26.2. The zero-order valence-electron chi connectivity index (χ0n) is 41.5. The third-order valence-corrected chi connectivity index (χ3v) is 12.1. The van der Waals surface area contributed by atoms with Crippen molar-refractivity contribution in [3.05, 3.63) is 29.8 Å². The first-order chi connectivity index (χ1) is 34.3. The van der Waals surface area contributed by atoms with Crippen molar-refractivity contribution in [3.8, 4) is 5.75 Å². The van der Waals surface area contributed by atoms with Crippen LogP contribution in [0.1, 0.15) is 97.5 Å². The number of hydrogen-bond donors (Lipinski definition) is 15. The second-order valence-electron chi connectivity index (χ2n) is 18.0. The van der Waals surface area contributed by atoms with Gasteiger partial charge in [-0.3, -0.25) is 47.9 Å². The van der Waals surface area contributed by atoms with Crippen LogP contribution in [0.5, 0.6) is 5.75 Å². The summed E-state index contributed by atoms with van der Waals surface area (Å²) < 4.78 is 0. The number of nitrogens with zero attached hydrogens (tertiary/aromatic N) is 1. The molecule has 0 aromatic heterocycles. The lowest BCUT2D eigenvalue weighted by atomic mass is 9.96. The monoisotopic (exact) mass is 1040 g/mol. The number of carbonyl (C=O) groups excluding carboxylic acids is 9. The minimum Gasteiger partial charge on any atom is -0.508 e. The molecule has 1 fully saturated rings. The van der Waals surface area contributed by atoms with Gasteiger partial charge in [-0.05, 0) is 89.0 Å². The molecule has 27 heteroatoms. The molecule has 0 unspecified atom stereocenters. The lowest BCUT2D eigenvalue weighted by Crippen LogP contribution is -2.61. The van der Waals surface area contributed by atoms with Gasteiger partial charge in [-0.15, -0.1) is 0 Å². The fourth-order valence-electron chi connectivity index (χ4n) is 7.55. The van der Waals surface area contributed by atoms with Crippen LogP contribution in [0, 0.1) is 5.92 Å². The van der Waals surface area contributed by atoms with Crippen LogP contribution in [0.15, 0.2) is 24.3 Å². The van der Waals surface area contributed by atoms with E-state index in [0.717, 1.165) is 6.92 Å².